The van der Waals surface area contributed by atoms with E-state index in [4.69, 9.17) is 27.8 Å². The summed E-state index contributed by atoms with van der Waals surface area (Å²) in [5, 5.41) is 2.93. The highest BCUT2D eigenvalue weighted by molar-refractivity contribution is 6.33. The number of ether oxygens (including phenoxy) is 1. The van der Waals surface area contributed by atoms with Gasteiger partial charge in [0.05, 0.1) is 29.2 Å². The predicted molar refractivity (Wildman–Crippen MR) is 67.7 cm³/mol. The molecule has 2 atom stereocenters. The molecule has 1 aromatic carbocycles. The van der Waals surface area contributed by atoms with E-state index in [9.17, 15) is 4.39 Å². The molecule has 17 heavy (non-hydrogen) atoms. The Kier molecular flexibility index (Phi) is 3.31. The van der Waals surface area contributed by atoms with Crippen molar-refractivity contribution in [1.29, 1.82) is 0 Å². The zero-order chi connectivity index (χ0) is 12.6. The third kappa shape index (κ3) is 2.25. The second-order valence-electron chi connectivity index (χ2n) is 4.17. The summed E-state index contributed by atoms with van der Waals surface area (Å²) >= 11 is 5.75. The maximum Gasteiger partial charge on any atom is 0.169 e. The van der Waals surface area contributed by atoms with Crippen molar-refractivity contribution < 1.29 is 9.13 Å². The SMILES string of the molecule is CC1OCCC1Nc1c(N)cc(N)c(Cl)c1F. The lowest BCUT2D eigenvalue weighted by molar-refractivity contribution is 0.121. The van der Waals surface area contributed by atoms with Gasteiger partial charge < -0.3 is 21.5 Å². The fourth-order valence-electron chi connectivity index (χ4n) is 1.92. The Bertz CT molecular complexity index is 441. The molecular weight excluding hydrogens is 245 g/mol. The van der Waals surface area contributed by atoms with Gasteiger partial charge in [-0.05, 0) is 19.4 Å². The summed E-state index contributed by atoms with van der Waals surface area (Å²) in [5.41, 5.74) is 11.8. The third-order valence-corrected chi connectivity index (χ3v) is 3.36. The average Bonchev–Trinajstić information content (AvgIpc) is 2.67. The molecule has 0 aliphatic carbocycles. The van der Waals surface area contributed by atoms with Gasteiger partial charge >= 0.3 is 0 Å². The summed E-state index contributed by atoms with van der Waals surface area (Å²) in [6.07, 6.45) is 0.826. The molecule has 0 amide bonds. The van der Waals surface area contributed by atoms with Crippen LogP contribution in [0.2, 0.25) is 5.02 Å². The monoisotopic (exact) mass is 259 g/mol. The highest BCUT2D eigenvalue weighted by atomic mass is 35.5. The fraction of sp³-hybridized carbons (Fsp3) is 0.455. The van der Waals surface area contributed by atoms with E-state index in [0.29, 0.717) is 6.61 Å². The first kappa shape index (κ1) is 12.3. The van der Waals surface area contributed by atoms with E-state index < -0.39 is 5.82 Å². The summed E-state index contributed by atoms with van der Waals surface area (Å²) in [4.78, 5) is 0. The maximum absolute atomic E-state index is 13.9. The van der Waals surface area contributed by atoms with Gasteiger partial charge in [-0.25, -0.2) is 4.39 Å². The average molecular weight is 260 g/mol. The molecule has 2 unspecified atom stereocenters. The van der Waals surface area contributed by atoms with Crippen LogP contribution in [0, 0.1) is 5.82 Å². The van der Waals surface area contributed by atoms with Crippen molar-refractivity contribution in [2.24, 2.45) is 0 Å². The van der Waals surface area contributed by atoms with Gasteiger partial charge in [-0.15, -0.1) is 0 Å². The maximum atomic E-state index is 13.9. The number of nitrogens with two attached hydrogens (primary N) is 2. The standard InChI is InChI=1S/C11H15ClFN3O/c1-5-8(2-3-17-5)16-11-7(15)4-6(14)9(12)10(11)13/h4-5,8,16H,2-3,14-15H2,1H3. The zero-order valence-corrected chi connectivity index (χ0v) is 10.2. The number of hydrogen-bond donors (Lipinski definition) is 3. The molecule has 1 saturated heterocycles. The van der Waals surface area contributed by atoms with Crippen molar-refractivity contribution in [3.05, 3.63) is 16.9 Å². The van der Waals surface area contributed by atoms with Crippen LogP contribution in [0.1, 0.15) is 13.3 Å². The Morgan fingerprint density at radius 3 is 2.76 bits per heavy atom. The minimum atomic E-state index is -0.608. The predicted octanol–water partition coefficient (Wildman–Crippen LogP) is 2.23. The molecule has 94 valence electrons. The van der Waals surface area contributed by atoms with Crippen molar-refractivity contribution in [2.75, 3.05) is 23.4 Å². The van der Waals surface area contributed by atoms with E-state index in [0.717, 1.165) is 6.42 Å². The van der Waals surface area contributed by atoms with Gasteiger partial charge in [0.1, 0.15) is 5.02 Å². The minimum absolute atomic E-state index is 0.0186. The van der Waals surface area contributed by atoms with Gasteiger partial charge in [-0.1, -0.05) is 11.6 Å². The lowest BCUT2D eigenvalue weighted by Gasteiger charge is -2.20. The van der Waals surface area contributed by atoms with E-state index in [1.54, 1.807) is 0 Å². The van der Waals surface area contributed by atoms with Crippen molar-refractivity contribution in [2.45, 2.75) is 25.5 Å². The molecule has 5 N–H and O–H groups in total. The molecule has 2 rings (SSSR count). The Balaban J connectivity index is 2.29. The normalized spacial score (nSPS) is 23.9. The summed E-state index contributed by atoms with van der Waals surface area (Å²) in [6.45, 7) is 2.58. The molecule has 1 fully saturated rings. The quantitative estimate of drug-likeness (QED) is 0.712. The molecule has 4 nitrogen and oxygen atoms in total. The van der Waals surface area contributed by atoms with Gasteiger partial charge in [-0.2, -0.15) is 0 Å². The highest BCUT2D eigenvalue weighted by Gasteiger charge is 2.26. The van der Waals surface area contributed by atoms with Gasteiger partial charge in [0.25, 0.3) is 0 Å². The zero-order valence-electron chi connectivity index (χ0n) is 9.47. The van der Waals surface area contributed by atoms with Crippen LogP contribution in [0.15, 0.2) is 6.07 Å². The van der Waals surface area contributed by atoms with Crippen LogP contribution < -0.4 is 16.8 Å². The van der Waals surface area contributed by atoms with Crippen LogP contribution in [0.4, 0.5) is 21.5 Å². The van der Waals surface area contributed by atoms with Gasteiger partial charge in [0.15, 0.2) is 5.82 Å². The van der Waals surface area contributed by atoms with E-state index in [1.807, 2.05) is 6.92 Å². The second-order valence-corrected chi connectivity index (χ2v) is 4.55. The minimum Gasteiger partial charge on any atom is -0.397 e. The fourth-order valence-corrected chi connectivity index (χ4v) is 2.07. The number of halogens is 2. The number of nitrogen functional groups attached to an aromatic ring is 2. The third-order valence-electron chi connectivity index (χ3n) is 2.97. The highest BCUT2D eigenvalue weighted by Crippen LogP contribution is 2.35. The second kappa shape index (κ2) is 4.58. The van der Waals surface area contributed by atoms with Gasteiger partial charge in [0.2, 0.25) is 0 Å². The molecule has 0 saturated carbocycles. The first-order valence-electron chi connectivity index (χ1n) is 5.41. The van der Waals surface area contributed by atoms with Gasteiger partial charge in [0, 0.05) is 6.61 Å². The van der Waals surface area contributed by atoms with Crippen molar-refractivity contribution in [3.63, 3.8) is 0 Å². The van der Waals surface area contributed by atoms with E-state index in [1.165, 1.54) is 6.07 Å². The molecule has 0 aromatic heterocycles. The number of benzene rings is 1. The largest absolute Gasteiger partial charge is 0.397 e. The van der Waals surface area contributed by atoms with Crippen molar-refractivity contribution in [1.82, 2.24) is 0 Å². The topological polar surface area (TPSA) is 73.3 Å². The number of rotatable bonds is 2. The Hall–Kier alpha value is -1.20. The summed E-state index contributed by atoms with van der Waals surface area (Å²) in [5.74, 6) is -0.608. The van der Waals surface area contributed by atoms with E-state index in [-0.39, 0.29) is 34.2 Å². The molecule has 1 aliphatic heterocycles. The lowest BCUT2D eigenvalue weighted by atomic mass is 10.1. The van der Waals surface area contributed by atoms with Crippen molar-refractivity contribution in [3.8, 4) is 0 Å². The van der Waals surface area contributed by atoms with Crippen LogP contribution in [0.25, 0.3) is 0 Å². The molecular formula is C11H15ClFN3O. The molecule has 1 aromatic rings. The first-order chi connectivity index (χ1) is 8.00. The van der Waals surface area contributed by atoms with Crippen LogP contribution in [-0.4, -0.2) is 18.8 Å². The number of hydrogen-bond acceptors (Lipinski definition) is 4. The molecule has 0 bridgehead atoms. The summed E-state index contributed by atoms with van der Waals surface area (Å²) in [7, 11) is 0. The lowest BCUT2D eigenvalue weighted by Crippen LogP contribution is -2.27. The smallest absolute Gasteiger partial charge is 0.169 e. The summed E-state index contributed by atoms with van der Waals surface area (Å²) < 4.78 is 19.3. The number of anilines is 3. The van der Waals surface area contributed by atoms with Crippen molar-refractivity contribution >= 4 is 28.7 Å². The van der Waals surface area contributed by atoms with Crippen LogP contribution in [0.5, 0.6) is 0 Å². The molecule has 0 spiro atoms. The molecule has 1 aliphatic rings. The molecule has 0 radical (unpaired) electrons. The van der Waals surface area contributed by atoms with Crippen LogP contribution >= 0.6 is 11.6 Å². The van der Waals surface area contributed by atoms with Crippen LogP contribution in [0.3, 0.4) is 0 Å². The molecule has 6 heteroatoms. The molecule has 1 heterocycles. The van der Waals surface area contributed by atoms with E-state index >= 15 is 0 Å². The Labute approximate surface area is 104 Å². The first-order valence-corrected chi connectivity index (χ1v) is 5.79. The Morgan fingerprint density at radius 1 is 1.47 bits per heavy atom. The van der Waals surface area contributed by atoms with Crippen LogP contribution in [-0.2, 0) is 4.74 Å². The van der Waals surface area contributed by atoms with E-state index in [2.05, 4.69) is 5.32 Å². The Morgan fingerprint density at radius 2 is 2.18 bits per heavy atom. The summed E-state index contributed by atoms with van der Waals surface area (Å²) in [6, 6.07) is 1.49. The number of nitrogens with one attached hydrogen (secondary N) is 1. The van der Waals surface area contributed by atoms with Gasteiger partial charge in [-0.3, -0.25) is 0 Å².